The van der Waals surface area contributed by atoms with Crippen molar-refractivity contribution >= 4 is 16.2 Å². The molecule has 0 unspecified atom stereocenters. The van der Waals surface area contributed by atoms with Gasteiger partial charge >= 0.3 is 85.0 Å². The van der Waals surface area contributed by atoms with E-state index in [1.165, 1.54) is 0 Å². The van der Waals surface area contributed by atoms with E-state index in [2.05, 4.69) is 0 Å². The Morgan fingerprint density at radius 3 is 1.17 bits per heavy atom. The van der Waals surface area contributed by atoms with E-state index in [-0.39, 0.29) is 39.8 Å². The predicted molar refractivity (Wildman–Crippen MR) is 9.21 cm³/mol. The molecule has 0 aliphatic heterocycles. The molecule has 0 aromatic rings. The van der Waals surface area contributed by atoms with E-state index in [9.17, 15) is 0 Å². The molecule has 0 heterocycles. The minimum atomic E-state index is 0.0556. The van der Waals surface area contributed by atoms with Crippen molar-refractivity contribution in [3.05, 3.63) is 0 Å². The number of hydrogen-bond donors (Lipinski definition) is 0. The molecule has 0 aromatic heterocycles. The first-order chi connectivity index (χ1) is 3.00. The molecule has 0 N–H and O–H groups in total. The van der Waals surface area contributed by atoms with Gasteiger partial charge in [-0.2, -0.15) is 0 Å². The second-order valence-corrected chi connectivity index (χ2v) is 0. The zero-order valence-corrected chi connectivity index (χ0v) is 9.63. The van der Waals surface area contributed by atoms with E-state index in [1.54, 1.807) is 0 Å². The molecule has 0 spiro atoms. The molecule has 0 saturated heterocycles. The molecule has 0 aliphatic carbocycles. The Balaban J connectivity index is -0.0000000225. The zero-order valence-electron chi connectivity index (χ0n) is 2.88. The van der Waals surface area contributed by atoms with Gasteiger partial charge in [-0.3, -0.25) is 0 Å². The van der Waals surface area contributed by atoms with Crippen molar-refractivity contribution in [3.63, 3.8) is 0 Å². The molecule has 0 aromatic carbocycles. The summed E-state index contributed by atoms with van der Waals surface area (Å²) in [6.45, 7) is 0. The molecule has 0 bridgehead atoms. The first-order valence-electron chi connectivity index (χ1n) is 0.675. The van der Waals surface area contributed by atoms with Crippen LogP contribution in [0.5, 0.6) is 0 Å². The van der Waals surface area contributed by atoms with Crippen LogP contribution in [0, 0.1) is 39.8 Å². The Labute approximate surface area is 83.3 Å². The molecule has 0 rings (SSSR count). The standard InChI is InChI=1S/Al.Ce.Nb.3O.H. The number of rotatable bonds is 0. The van der Waals surface area contributed by atoms with E-state index in [0.29, 0.717) is 37.3 Å². The molecule has 0 aliphatic rings. The van der Waals surface area contributed by atoms with Gasteiger partial charge in [0.05, 0.1) is 0 Å². The van der Waals surface area contributed by atoms with Crippen molar-refractivity contribution < 1.29 is 68.8 Å². The van der Waals surface area contributed by atoms with Crippen LogP contribution >= 0.6 is 0 Å². The topological polar surface area (TPSA) is 51.2 Å². The summed E-state index contributed by atoms with van der Waals surface area (Å²) in [5.74, 6) is 0. The van der Waals surface area contributed by atoms with Crippen molar-refractivity contribution in [2.75, 3.05) is 0 Å². The molecule has 6 heteroatoms. The van der Waals surface area contributed by atoms with Crippen molar-refractivity contribution in [2.45, 2.75) is 0 Å². The van der Waals surface area contributed by atoms with E-state index < -0.39 is 0 Å². The van der Waals surface area contributed by atoms with Gasteiger partial charge in [-0.05, 0) is 0 Å². The summed E-state index contributed by atoms with van der Waals surface area (Å²) < 4.78 is 25.0. The van der Waals surface area contributed by atoms with Crippen molar-refractivity contribution in [2.24, 2.45) is 0 Å². The summed E-state index contributed by atoms with van der Waals surface area (Å²) in [6.07, 6.45) is 0. The van der Waals surface area contributed by atoms with Gasteiger partial charge in [0.1, 0.15) is 0 Å². The van der Waals surface area contributed by atoms with Gasteiger partial charge < -0.3 is 0 Å². The van der Waals surface area contributed by atoms with E-state index in [0.717, 1.165) is 0 Å². The van der Waals surface area contributed by atoms with Crippen LogP contribution in [-0.4, -0.2) is 16.2 Å². The van der Waals surface area contributed by atoms with Gasteiger partial charge in [-0.25, -0.2) is 0 Å². The monoisotopic (exact) mass is 309 g/mol. The summed E-state index contributed by atoms with van der Waals surface area (Å²) in [7, 11) is 0. The van der Waals surface area contributed by atoms with E-state index >= 15 is 0 Å². The fraction of sp³-hybridized carbons (Fsp3) is 0. The molecule has 6 heavy (non-hydrogen) atoms. The summed E-state index contributed by atoms with van der Waals surface area (Å²) in [4.78, 5) is 0. The van der Waals surface area contributed by atoms with Crippen LogP contribution < -0.4 is 0 Å². The maximum atomic E-state index is 8.39. The summed E-state index contributed by atoms with van der Waals surface area (Å²) in [6, 6.07) is 0. The van der Waals surface area contributed by atoms with Crippen LogP contribution in [0.15, 0.2) is 0 Å². The second-order valence-electron chi connectivity index (χ2n) is 0. The normalized spacial score (nSPS) is 1.50. The Morgan fingerprint density at radius 1 is 1.17 bits per heavy atom. The van der Waals surface area contributed by atoms with Crippen molar-refractivity contribution in [1.82, 2.24) is 0 Å². The third-order valence-corrected chi connectivity index (χ3v) is 0. The average molecular weight is 309 g/mol. The molecule has 31 valence electrons. The van der Waals surface area contributed by atoms with Crippen LogP contribution in [0.4, 0.5) is 0 Å². The van der Waals surface area contributed by atoms with Crippen LogP contribution in [0.1, 0.15) is 0 Å². The number of hydrogen-bond acceptors (Lipinski definition) is 3. The Morgan fingerprint density at radius 2 is 1.17 bits per heavy atom. The predicted octanol–water partition coefficient (Wildman–Crippen LogP) is -1.01. The molecule has 0 radical (unpaired) electrons. The van der Waals surface area contributed by atoms with Gasteiger partial charge in [-0.15, -0.1) is 0 Å². The van der Waals surface area contributed by atoms with E-state index in [4.69, 9.17) is 7.99 Å². The summed E-state index contributed by atoms with van der Waals surface area (Å²) in [5, 5.41) is 0. The van der Waals surface area contributed by atoms with Gasteiger partial charge in [0.2, 0.25) is 0 Å². The average Bonchev–Trinajstić information content (AvgIpc) is 1.81. The van der Waals surface area contributed by atoms with Crippen LogP contribution in [0.25, 0.3) is 0 Å². The summed E-state index contributed by atoms with van der Waals surface area (Å²) >= 11 is 1.17. The van der Waals surface area contributed by atoms with Crippen LogP contribution in [0.3, 0.4) is 0 Å². The summed E-state index contributed by atoms with van der Waals surface area (Å²) in [5.41, 5.74) is 0. The van der Waals surface area contributed by atoms with Gasteiger partial charge in [-0.1, -0.05) is 0 Å². The van der Waals surface area contributed by atoms with Crippen molar-refractivity contribution in [1.29, 1.82) is 0 Å². The third-order valence-electron chi connectivity index (χ3n) is 0. The van der Waals surface area contributed by atoms with Crippen LogP contribution in [-0.2, 0) is 29.0 Å². The fourth-order valence-corrected chi connectivity index (χ4v) is 0. The Hall–Kier alpha value is 2.05. The molecule has 0 atom stereocenters. The Bertz CT molecular complexity index is 15.5. The quantitative estimate of drug-likeness (QED) is 0.539. The SMILES string of the molecule is [O]=[AlH].[O]=[Ce].[O]=[Nb]. The molecular formula is HAlCeNbO3. The van der Waals surface area contributed by atoms with E-state index in [1.807, 2.05) is 0 Å². The van der Waals surface area contributed by atoms with Gasteiger partial charge in [0.15, 0.2) is 0 Å². The molecule has 0 fully saturated rings. The van der Waals surface area contributed by atoms with Crippen molar-refractivity contribution in [3.8, 4) is 0 Å². The molecule has 0 saturated carbocycles. The van der Waals surface area contributed by atoms with Crippen LogP contribution in [0.2, 0.25) is 0 Å². The third kappa shape index (κ3) is 36.7. The zero-order chi connectivity index (χ0) is 6.00. The second kappa shape index (κ2) is 61.4. The minimum absolute atomic E-state index is 0.0556. The first-order valence-corrected chi connectivity index (χ1v) is 3.43. The van der Waals surface area contributed by atoms with Gasteiger partial charge in [0.25, 0.3) is 0 Å². The molecular weight excluding hydrogens is 308 g/mol. The molecule has 3 nitrogen and oxygen atoms in total. The first kappa shape index (κ1) is 15.7. The fourth-order valence-electron chi connectivity index (χ4n) is 0. The Kier molecular flexibility index (Phi) is 161. The van der Waals surface area contributed by atoms with Gasteiger partial charge in [0, 0.05) is 0 Å². The maximum absolute atomic E-state index is 8.39. The molecule has 0 amide bonds.